The first-order valence-corrected chi connectivity index (χ1v) is 6.33. The fraction of sp³-hybridized carbons (Fsp3) is 0.133. The van der Waals surface area contributed by atoms with Gasteiger partial charge in [-0.05, 0) is 34.9 Å². The molecule has 2 rings (SSSR count). The van der Waals surface area contributed by atoms with E-state index in [4.69, 9.17) is 11.6 Å². The zero-order valence-corrected chi connectivity index (χ0v) is 11.2. The van der Waals surface area contributed by atoms with Crippen LogP contribution in [0.5, 0.6) is 0 Å². The van der Waals surface area contributed by atoms with Gasteiger partial charge in [-0.25, -0.2) is 0 Å². The van der Waals surface area contributed by atoms with Crippen LogP contribution in [0.1, 0.15) is 12.0 Å². The molecular weight excluding hydrogens is 276 g/mol. The predicted molar refractivity (Wildman–Crippen MR) is 77.5 cm³/mol. The number of alkyl halides is 1. The standard InChI is InChI=1S/C15H11ClN2O2/c16-15(18(19)20)8-6-13(7-9-15)14(11-17)10-12-4-2-1-3-5-12/h1-8,10H,9H2. The highest BCUT2D eigenvalue weighted by Gasteiger charge is 2.38. The lowest BCUT2D eigenvalue weighted by atomic mass is 9.96. The average Bonchev–Trinajstić information content (AvgIpc) is 2.47. The minimum absolute atomic E-state index is 0.0567. The number of nitriles is 1. The van der Waals surface area contributed by atoms with Gasteiger partial charge in [0.2, 0.25) is 0 Å². The number of halogens is 1. The Morgan fingerprint density at radius 3 is 2.65 bits per heavy atom. The third kappa shape index (κ3) is 2.95. The molecule has 0 spiro atoms. The topological polar surface area (TPSA) is 66.9 Å². The van der Waals surface area contributed by atoms with E-state index < -0.39 is 9.92 Å². The summed E-state index contributed by atoms with van der Waals surface area (Å²) in [6.45, 7) is 0. The van der Waals surface area contributed by atoms with Crippen LogP contribution < -0.4 is 0 Å². The smallest absolute Gasteiger partial charge is 0.262 e. The van der Waals surface area contributed by atoms with Crippen LogP contribution in [0.3, 0.4) is 0 Å². The first-order chi connectivity index (χ1) is 9.55. The summed E-state index contributed by atoms with van der Waals surface area (Å²) in [5, 5.41) is 20.0. The van der Waals surface area contributed by atoms with E-state index in [-0.39, 0.29) is 6.42 Å². The maximum absolute atomic E-state index is 10.8. The van der Waals surface area contributed by atoms with E-state index in [0.29, 0.717) is 11.1 Å². The molecule has 1 unspecified atom stereocenters. The van der Waals surface area contributed by atoms with Gasteiger partial charge in [-0.2, -0.15) is 5.26 Å². The lowest BCUT2D eigenvalue weighted by molar-refractivity contribution is -0.527. The van der Waals surface area contributed by atoms with Gasteiger partial charge in [0.15, 0.2) is 0 Å². The fourth-order valence-electron chi connectivity index (χ4n) is 1.84. The highest BCUT2D eigenvalue weighted by molar-refractivity contribution is 6.24. The number of nitro groups is 1. The molecule has 0 heterocycles. The second-order valence-electron chi connectivity index (χ2n) is 4.35. The summed E-state index contributed by atoms with van der Waals surface area (Å²) in [5.41, 5.74) is 2.00. The van der Waals surface area contributed by atoms with Crippen molar-refractivity contribution in [2.45, 2.75) is 11.4 Å². The van der Waals surface area contributed by atoms with Gasteiger partial charge in [-0.1, -0.05) is 36.4 Å². The minimum atomic E-state index is -1.60. The normalized spacial score (nSPS) is 22.0. The summed E-state index contributed by atoms with van der Waals surface area (Å²) in [7, 11) is 0. The van der Waals surface area contributed by atoms with Crippen molar-refractivity contribution in [2.24, 2.45) is 0 Å². The Bertz CT molecular complexity index is 656. The van der Waals surface area contributed by atoms with Gasteiger partial charge in [-0.3, -0.25) is 10.1 Å². The molecule has 1 aliphatic rings. The van der Waals surface area contributed by atoms with Crippen LogP contribution in [0.15, 0.2) is 59.7 Å². The number of benzene rings is 1. The van der Waals surface area contributed by atoms with Crippen molar-refractivity contribution in [3.05, 3.63) is 75.4 Å². The molecule has 0 amide bonds. The first kappa shape index (κ1) is 14.0. The molecule has 1 atom stereocenters. The first-order valence-electron chi connectivity index (χ1n) is 5.95. The number of hydrogen-bond donors (Lipinski definition) is 0. The van der Waals surface area contributed by atoms with Gasteiger partial charge in [0.1, 0.15) is 0 Å². The molecule has 0 saturated heterocycles. The lowest BCUT2D eigenvalue weighted by Gasteiger charge is -2.16. The maximum Gasteiger partial charge on any atom is 0.317 e. The summed E-state index contributed by atoms with van der Waals surface area (Å²) in [6, 6.07) is 11.5. The Labute approximate surface area is 121 Å². The van der Waals surface area contributed by atoms with E-state index in [9.17, 15) is 15.4 Å². The largest absolute Gasteiger partial charge is 0.317 e. The molecule has 0 aromatic heterocycles. The molecule has 20 heavy (non-hydrogen) atoms. The zero-order valence-electron chi connectivity index (χ0n) is 10.5. The van der Waals surface area contributed by atoms with Crippen LogP contribution in [-0.4, -0.2) is 9.92 Å². The van der Waals surface area contributed by atoms with Gasteiger partial charge in [0.25, 0.3) is 0 Å². The van der Waals surface area contributed by atoms with Crippen LogP contribution in [0.2, 0.25) is 0 Å². The molecule has 0 N–H and O–H groups in total. The van der Waals surface area contributed by atoms with Gasteiger partial charge in [0, 0.05) is 11.0 Å². The number of hydrogen-bond acceptors (Lipinski definition) is 3. The molecular formula is C15H11ClN2O2. The van der Waals surface area contributed by atoms with Crippen LogP contribution in [0.25, 0.3) is 6.08 Å². The zero-order chi connectivity index (χ0) is 14.6. The van der Waals surface area contributed by atoms with Crippen molar-refractivity contribution in [1.82, 2.24) is 0 Å². The van der Waals surface area contributed by atoms with Crippen molar-refractivity contribution >= 4 is 17.7 Å². The Kier molecular flexibility index (Phi) is 4.02. The van der Waals surface area contributed by atoms with Crippen molar-refractivity contribution in [3.63, 3.8) is 0 Å². The number of rotatable bonds is 3. The maximum atomic E-state index is 10.8. The third-order valence-electron chi connectivity index (χ3n) is 2.97. The van der Waals surface area contributed by atoms with Crippen molar-refractivity contribution in [1.29, 1.82) is 5.26 Å². The molecule has 1 aromatic rings. The quantitative estimate of drug-likeness (QED) is 0.280. The lowest BCUT2D eigenvalue weighted by Crippen LogP contribution is -2.30. The number of allylic oxidation sites excluding steroid dienone is 3. The predicted octanol–water partition coefficient (Wildman–Crippen LogP) is 3.69. The van der Waals surface area contributed by atoms with E-state index in [0.717, 1.165) is 5.56 Å². The molecule has 0 bridgehead atoms. The van der Waals surface area contributed by atoms with E-state index in [1.165, 1.54) is 12.2 Å². The molecule has 4 nitrogen and oxygen atoms in total. The Morgan fingerprint density at radius 2 is 2.15 bits per heavy atom. The van der Waals surface area contributed by atoms with Crippen LogP contribution >= 0.6 is 11.6 Å². The summed E-state index contributed by atoms with van der Waals surface area (Å²) in [6.07, 6.45) is 6.26. The second kappa shape index (κ2) is 5.72. The van der Waals surface area contributed by atoms with E-state index in [1.54, 1.807) is 12.2 Å². The Morgan fingerprint density at radius 1 is 1.45 bits per heavy atom. The van der Waals surface area contributed by atoms with Gasteiger partial charge in [0.05, 0.1) is 18.1 Å². The average molecular weight is 287 g/mol. The molecule has 0 aliphatic heterocycles. The number of nitrogens with zero attached hydrogens (tertiary/aromatic N) is 2. The molecule has 0 saturated carbocycles. The Balaban J connectivity index is 2.27. The SMILES string of the molecule is N#CC(=Cc1ccccc1)C1=CCC(Cl)([N+](=O)[O-])C=C1. The van der Waals surface area contributed by atoms with Crippen molar-refractivity contribution in [2.75, 3.05) is 0 Å². The van der Waals surface area contributed by atoms with Gasteiger partial charge < -0.3 is 0 Å². The van der Waals surface area contributed by atoms with Crippen molar-refractivity contribution < 1.29 is 4.92 Å². The van der Waals surface area contributed by atoms with Gasteiger partial charge in [-0.15, -0.1) is 0 Å². The Hall–Kier alpha value is -2.38. The van der Waals surface area contributed by atoms with Gasteiger partial charge >= 0.3 is 5.00 Å². The van der Waals surface area contributed by atoms with Crippen LogP contribution in [-0.2, 0) is 0 Å². The minimum Gasteiger partial charge on any atom is -0.262 e. The highest BCUT2D eigenvalue weighted by atomic mass is 35.5. The summed E-state index contributed by atoms with van der Waals surface area (Å²) in [5.74, 6) is 0. The third-order valence-corrected chi connectivity index (χ3v) is 3.39. The molecule has 0 radical (unpaired) electrons. The second-order valence-corrected chi connectivity index (χ2v) is 5.01. The molecule has 1 aliphatic carbocycles. The molecule has 1 aromatic carbocycles. The highest BCUT2D eigenvalue weighted by Crippen LogP contribution is 2.30. The van der Waals surface area contributed by atoms with Crippen LogP contribution in [0, 0.1) is 21.4 Å². The monoisotopic (exact) mass is 286 g/mol. The fourth-order valence-corrected chi connectivity index (χ4v) is 1.98. The summed E-state index contributed by atoms with van der Waals surface area (Å²) < 4.78 is 0. The van der Waals surface area contributed by atoms with Crippen LogP contribution in [0.4, 0.5) is 0 Å². The molecule has 5 heteroatoms. The molecule has 100 valence electrons. The van der Waals surface area contributed by atoms with E-state index >= 15 is 0 Å². The van der Waals surface area contributed by atoms with Crippen molar-refractivity contribution in [3.8, 4) is 6.07 Å². The molecule has 0 fully saturated rings. The summed E-state index contributed by atoms with van der Waals surface area (Å²) in [4.78, 5) is 8.69. The summed E-state index contributed by atoms with van der Waals surface area (Å²) >= 11 is 5.85. The van der Waals surface area contributed by atoms with E-state index in [2.05, 4.69) is 6.07 Å². The van der Waals surface area contributed by atoms with E-state index in [1.807, 2.05) is 30.3 Å².